The van der Waals surface area contributed by atoms with Crippen molar-refractivity contribution in [3.63, 3.8) is 0 Å². The Labute approximate surface area is 109 Å². The second-order valence-corrected chi connectivity index (χ2v) is 4.32. The summed E-state index contributed by atoms with van der Waals surface area (Å²) < 4.78 is 5.09. The number of esters is 1. The Morgan fingerprint density at radius 2 is 1.78 bits per heavy atom. The smallest absolute Gasteiger partial charge is 0.305 e. The Bertz CT molecular complexity index is 322. The summed E-state index contributed by atoms with van der Waals surface area (Å²) >= 11 is 0. The van der Waals surface area contributed by atoms with Crippen LogP contribution < -0.4 is 0 Å². The fourth-order valence-corrected chi connectivity index (χ4v) is 1.71. The molecule has 0 aromatic heterocycles. The number of ether oxygens (including phenoxy) is 1. The summed E-state index contributed by atoms with van der Waals surface area (Å²) in [5.41, 5.74) is 1.32. The largest absolute Gasteiger partial charge is 0.466 e. The van der Waals surface area contributed by atoms with Crippen LogP contribution in [0.2, 0.25) is 0 Å². The van der Waals surface area contributed by atoms with Crippen molar-refractivity contribution in [2.75, 3.05) is 13.2 Å². The van der Waals surface area contributed by atoms with Crippen LogP contribution in [0, 0.1) is 0 Å². The van der Waals surface area contributed by atoms with Gasteiger partial charge >= 0.3 is 5.97 Å². The number of carbonyl (C=O) groups is 1. The summed E-state index contributed by atoms with van der Waals surface area (Å²) in [5, 5.41) is 10.2. The maximum atomic E-state index is 11.2. The molecule has 0 N–H and O–H groups in total. The number of unbranched alkanes of at least 4 members (excludes halogenated alkanes) is 2. The molecule has 0 spiro atoms. The third-order valence-electron chi connectivity index (χ3n) is 2.74. The predicted octanol–water partition coefficient (Wildman–Crippen LogP) is 3.15. The van der Waals surface area contributed by atoms with Crippen LogP contribution in [-0.2, 0) is 21.1 Å². The molecule has 0 aliphatic carbocycles. The number of hydrogen-bond donors (Lipinski definition) is 0. The third kappa shape index (κ3) is 7.07. The van der Waals surface area contributed by atoms with E-state index in [4.69, 9.17) is 4.74 Å². The molecule has 1 rings (SSSR count). The SMILES string of the molecule is [O]CCCCC(=O)OCCCCc1ccccc1. The van der Waals surface area contributed by atoms with Gasteiger partial charge in [-0.1, -0.05) is 30.3 Å². The van der Waals surface area contributed by atoms with E-state index in [2.05, 4.69) is 12.1 Å². The van der Waals surface area contributed by atoms with Gasteiger partial charge in [0.05, 0.1) is 13.2 Å². The molecule has 0 aliphatic heterocycles. The number of aryl methyl sites for hydroxylation is 1. The van der Waals surface area contributed by atoms with Gasteiger partial charge in [0.25, 0.3) is 0 Å². The quantitative estimate of drug-likeness (QED) is 0.498. The third-order valence-corrected chi connectivity index (χ3v) is 2.74. The van der Waals surface area contributed by atoms with E-state index in [0.29, 0.717) is 25.9 Å². The Morgan fingerprint density at radius 1 is 1.00 bits per heavy atom. The van der Waals surface area contributed by atoms with E-state index in [-0.39, 0.29) is 12.6 Å². The average Bonchev–Trinajstić information content (AvgIpc) is 2.40. The van der Waals surface area contributed by atoms with Crippen molar-refractivity contribution in [3.8, 4) is 0 Å². The Kier molecular flexibility index (Phi) is 7.89. The molecule has 0 bridgehead atoms. The van der Waals surface area contributed by atoms with Crippen molar-refractivity contribution in [2.45, 2.75) is 38.5 Å². The predicted molar refractivity (Wildman–Crippen MR) is 69.7 cm³/mol. The van der Waals surface area contributed by atoms with Crippen molar-refractivity contribution in [3.05, 3.63) is 35.9 Å². The molecule has 99 valence electrons. The first-order chi connectivity index (χ1) is 8.83. The van der Waals surface area contributed by atoms with E-state index in [1.54, 1.807) is 0 Å². The van der Waals surface area contributed by atoms with Gasteiger partial charge in [-0.3, -0.25) is 4.79 Å². The second kappa shape index (κ2) is 9.66. The molecule has 0 unspecified atom stereocenters. The summed E-state index contributed by atoms with van der Waals surface area (Å²) in [6, 6.07) is 10.3. The normalized spacial score (nSPS) is 10.3. The number of rotatable bonds is 9. The highest BCUT2D eigenvalue weighted by molar-refractivity contribution is 5.69. The van der Waals surface area contributed by atoms with Crippen LogP contribution in [0.3, 0.4) is 0 Å². The van der Waals surface area contributed by atoms with Crippen molar-refractivity contribution < 1.29 is 14.6 Å². The topological polar surface area (TPSA) is 46.2 Å². The molecule has 18 heavy (non-hydrogen) atoms. The molecule has 0 fully saturated rings. The monoisotopic (exact) mass is 249 g/mol. The van der Waals surface area contributed by atoms with Gasteiger partial charge in [0, 0.05) is 6.42 Å². The lowest BCUT2D eigenvalue weighted by Crippen LogP contribution is -2.06. The minimum absolute atomic E-state index is 0.107. The van der Waals surface area contributed by atoms with E-state index >= 15 is 0 Å². The first-order valence-electron chi connectivity index (χ1n) is 6.60. The zero-order valence-electron chi connectivity index (χ0n) is 10.8. The van der Waals surface area contributed by atoms with Crippen LogP contribution in [0.25, 0.3) is 0 Å². The molecule has 0 aliphatic rings. The van der Waals surface area contributed by atoms with Gasteiger partial charge in [0.2, 0.25) is 0 Å². The van der Waals surface area contributed by atoms with Crippen LogP contribution in [0.4, 0.5) is 0 Å². The highest BCUT2D eigenvalue weighted by Gasteiger charge is 2.02. The van der Waals surface area contributed by atoms with E-state index in [9.17, 15) is 9.90 Å². The molecule has 0 heterocycles. The molecule has 0 atom stereocenters. The van der Waals surface area contributed by atoms with Crippen molar-refractivity contribution in [2.24, 2.45) is 0 Å². The van der Waals surface area contributed by atoms with Gasteiger partial charge in [0.1, 0.15) is 0 Å². The number of carbonyl (C=O) groups excluding carboxylic acids is 1. The zero-order chi connectivity index (χ0) is 13.1. The van der Waals surface area contributed by atoms with Gasteiger partial charge in [0.15, 0.2) is 0 Å². The first-order valence-corrected chi connectivity index (χ1v) is 6.60. The van der Waals surface area contributed by atoms with Crippen LogP contribution in [0.1, 0.15) is 37.7 Å². The summed E-state index contributed by atoms with van der Waals surface area (Å²) in [6.07, 6.45) is 4.52. The summed E-state index contributed by atoms with van der Waals surface area (Å²) in [4.78, 5) is 11.2. The molecular formula is C15H21O3. The molecule has 1 aromatic rings. The Balaban J connectivity index is 1.97. The molecule has 1 aromatic carbocycles. The van der Waals surface area contributed by atoms with E-state index < -0.39 is 0 Å². The highest BCUT2D eigenvalue weighted by Crippen LogP contribution is 2.05. The fourth-order valence-electron chi connectivity index (χ4n) is 1.71. The lowest BCUT2D eigenvalue weighted by Gasteiger charge is -2.04. The summed E-state index contributed by atoms with van der Waals surface area (Å²) in [5.74, 6) is -0.178. The molecular weight excluding hydrogens is 228 g/mol. The molecule has 1 radical (unpaired) electrons. The highest BCUT2D eigenvalue weighted by atomic mass is 16.5. The second-order valence-electron chi connectivity index (χ2n) is 4.32. The van der Waals surface area contributed by atoms with Crippen LogP contribution in [-0.4, -0.2) is 19.2 Å². The average molecular weight is 249 g/mol. The Morgan fingerprint density at radius 3 is 2.50 bits per heavy atom. The molecule has 0 saturated carbocycles. The number of benzene rings is 1. The van der Waals surface area contributed by atoms with E-state index in [0.717, 1.165) is 19.3 Å². The van der Waals surface area contributed by atoms with Crippen molar-refractivity contribution >= 4 is 5.97 Å². The van der Waals surface area contributed by atoms with Gasteiger partial charge in [-0.15, -0.1) is 0 Å². The maximum absolute atomic E-state index is 11.2. The van der Waals surface area contributed by atoms with Gasteiger partial charge in [-0.05, 0) is 37.7 Å². The first kappa shape index (κ1) is 14.7. The lowest BCUT2D eigenvalue weighted by molar-refractivity contribution is -0.143. The zero-order valence-corrected chi connectivity index (χ0v) is 10.8. The standard InChI is InChI=1S/C15H21O3/c16-12-6-4-11-15(17)18-13-7-5-10-14-8-2-1-3-9-14/h1-3,8-9H,4-7,10-13H2. The van der Waals surface area contributed by atoms with Crippen molar-refractivity contribution in [1.82, 2.24) is 0 Å². The van der Waals surface area contributed by atoms with Crippen molar-refractivity contribution in [1.29, 1.82) is 0 Å². The number of hydrogen-bond acceptors (Lipinski definition) is 2. The van der Waals surface area contributed by atoms with Crippen LogP contribution >= 0.6 is 0 Å². The lowest BCUT2D eigenvalue weighted by atomic mass is 10.1. The Hall–Kier alpha value is -1.35. The summed E-state index contributed by atoms with van der Waals surface area (Å²) in [7, 11) is 0. The summed E-state index contributed by atoms with van der Waals surface area (Å²) in [6.45, 7) is 0.382. The molecule has 0 saturated heterocycles. The van der Waals surface area contributed by atoms with Crippen LogP contribution in [0.5, 0.6) is 0 Å². The molecule has 3 heteroatoms. The van der Waals surface area contributed by atoms with E-state index in [1.807, 2.05) is 18.2 Å². The minimum Gasteiger partial charge on any atom is -0.466 e. The minimum atomic E-state index is -0.178. The maximum Gasteiger partial charge on any atom is 0.305 e. The van der Waals surface area contributed by atoms with Crippen LogP contribution in [0.15, 0.2) is 30.3 Å². The van der Waals surface area contributed by atoms with E-state index in [1.165, 1.54) is 5.56 Å². The van der Waals surface area contributed by atoms with Gasteiger partial charge < -0.3 is 4.74 Å². The van der Waals surface area contributed by atoms with Gasteiger partial charge in [-0.25, -0.2) is 5.11 Å². The van der Waals surface area contributed by atoms with Gasteiger partial charge in [-0.2, -0.15) is 0 Å². The fraction of sp³-hybridized carbons (Fsp3) is 0.533. The molecule has 3 nitrogen and oxygen atoms in total. The molecule has 0 amide bonds.